The first kappa shape index (κ1) is 16.0. The highest BCUT2D eigenvalue weighted by Crippen LogP contribution is 2.38. The van der Waals surface area contributed by atoms with E-state index in [1.165, 1.54) is 22.9 Å². The third-order valence-corrected chi connectivity index (χ3v) is 3.80. The highest BCUT2D eigenvalue weighted by atomic mass is 32.1. The van der Waals surface area contributed by atoms with Crippen LogP contribution in [0.4, 0.5) is 0 Å². The molecule has 1 heterocycles. The van der Waals surface area contributed by atoms with Gasteiger partial charge >= 0.3 is 0 Å². The van der Waals surface area contributed by atoms with Gasteiger partial charge in [-0.05, 0) is 30.3 Å². The maximum Gasteiger partial charge on any atom is 0.145 e. The summed E-state index contributed by atoms with van der Waals surface area (Å²) in [6.45, 7) is 0. The molecule has 0 unspecified atom stereocenters. The minimum atomic E-state index is -0.142. The molecule has 124 valence electrons. The average Bonchev–Trinajstić information content (AvgIpc) is 2.95. The Morgan fingerprint density at radius 1 is 1.04 bits per heavy atom. The van der Waals surface area contributed by atoms with Gasteiger partial charge in [-0.25, -0.2) is 4.68 Å². The van der Waals surface area contributed by atoms with Gasteiger partial charge in [-0.3, -0.25) is 0 Å². The van der Waals surface area contributed by atoms with Crippen molar-refractivity contribution in [1.82, 2.24) is 15.0 Å². The number of phenols is 2. The average molecular weight is 345 g/mol. The van der Waals surface area contributed by atoms with Crippen LogP contribution in [-0.4, -0.2) is 39.4 Å². The van der Waals surface area contributed by atoms with Crippen molar-refractivity contribution in [2.45, 2.75) is 5.03 Å². The van der Waals surface area contributed by atoms with Crippen molar-refractivity contribution in [1.29, 1.82) is 0 Å². The Labute approximate surface area is 143 Å². The molecule has 0 fully saturated rings. The number of ether oxygens (including phenoxy) is 2. The Morgan fingerprint density at radius 2 is 1.83 bits per heavy atom. The summed E-state index contributed by atoms with van der Waals surface area (Å²) >= 11 is 4.36. The number of rotatable bonds is 4. The molecule has 0 aliphatic carbocycles. The number of benzene rings is 2. The first-order valence-electron chi connectivity index (χ1n) is 6.94. The lowest BCUT2D eigenvalue weighted by Gasteiger charge is -2.13. The number of methoxy groups -OCH3 is 2. The zero-order chi connectivity index (χ0) is 17.3. The first-order chi connectivity index (χ1) is 11.5. The van der Waals surface area contributed by atoms with Gasteiger partial charge in [0.05, 0.1) is 14.2 Å². The van der Waals surface area contributed by atoms with E-state index in [1.807, 2.05) is 0 Å². The van der Waals surface area contributed by atoms with Crippen LogP contribution in [0, 0.1) is 0 Å². The molecule has 0 aliphatic rings. The van der Waals surface area contributed by atoms with Crippen LogP contribution in [0.25, 0.3) is 16.9 Å². The lowest BCUT2D eigenvalue weighted by atomic mass is 10.1. The summed E-state index contributed by atoms with van der Waals surface area (Å²) in [5.41, 5.74) is 1.52. The van der Waals surface area contributed by atoms with Crippen LogP contribution in [0.3, 0.4) is 0 Å². The van der Waals surface area contributed by atoms with Crippen LogP contribution < -0.4 is 9.47 Å². The second kappa shape index (κ2) is 6.32. The Hall–Kier alpha value is -2.87. The fraction of sp³-hybridized carbons (Fsp3) is 0.125. The molecule has 3 rings (SSSR count). The summed E-state index contributed by atoms with van der Waals surface area (Å²) in [5.74, 6) is 1.01. The number of aromatic hydroxyl groups is 2. The minimum Gasteiger partial charge on any atom is -0.508 e. The molecule has 24 heavy (non-hydrogen) atoms. The van der Waals surface area contributed by atoms with Crippen LogP contribution in [0.15, 0.2) is 41.4 Å². The smallest absolute Gasteiger partial charge is 0.145 e. The summed E-state index contributed by atoms with van der Waals surface area (Å²) in [6.07, 6.45) is 0. The predicted octanol–water partition coefficient (Wildman–Crippen LogP) is 2.65. The maximum atomic E-state index is 10.1. The van der Waals surface area contributed by atoms with Crippen molar-refractivity contribution in [2.75, 3.05) is 14.2 Å². The van der Waals surface area contributed by atoms with E-state index >= 15 is 0 Å². The lowest BCUT2D eigenvalue weighted by Crippen LogP contribution is -2.01. The molecule has 0 spiro atoms. The molecule has 0 radical (unpaired) electrons. The van der Waals surface area contributed by atoms with Crippen molar-refractivity contribution < 1.29 is 19.7 Å². The molecular weight excluding hydrogens is 330 g/mol. The Bertz CT molecular complexity index is 895. The number of phenolic OH excluding ortho intramolecular Hbond substituents is 2. The van der Waals surface area contributed by atoms with Gasteiger partial charge in [0.1, 0.15) is 39.4 Å². The summed E-state index contributed by atoms with van der Waals surface area (Å²) < 4.78 is 12.1. The largest absolute Gasteiger partial charge is 0.508 e. The minimum absolute atomic E-state index is 0.0528. The quantitative estimate of drug-likeness (QED) is 0.630. The van der Waals surface area contributed by atoms with Crippen molar-refractivity contribution in [3.05, 3.63) is 36.4 Å². The van der Waals surface area contributed by atoms with Crippen LogP contribution >= 0.6 is 12.6 Å². The van der Waals surface area contributed by atoms with Crippen LogP contribution in [-0.2, 0) is 0 Å². The number of aromatic nitrogens is 3. The van der Waals surface area contributed by atoms with E-state index in [0.29, 0.717) is 33.5 Å². The van der Waals surface area contributed by atoms with E-state index in [0.717, 1.165) is 0 Å². The summed E-state index contributed by atoms with van der Waals surface area (Å²) in [5, 5.41) is 28.0. The van der Waals surface area contributed by atoms with Crippen molar-refractivity contribution in [3.63, 3.8) is 0 Å². The second-order valence-electron chi connectivity index (χ2n) is 4.91. The molecular formula is C16H15N3O4S. The molecule has 0 amide bonds. The topological polar surface area (TPSA) is 89.6 Å². The molecule has 0 bridgehead atoms. The highest BCUT2D eigenvalue weighted by molar-refractivity contribution is 7.80. The Kier molecular flexibility index (Phi) is 4.22. The molecule has 1 aromatic heterocycles. The van der Waals surface area contributed by atoms with E-state index < -0.39 is 0 Å². The normalized spacial score (nSPS) is 10.6. The number of nitrogens with zero attached hydrogens (tertiary/aromatic N) is 3. The first-order valence-corrected chi connectivity index (χ1v) is 7.39. The van der Waals surface area contributed by atoms with Gasteiger partial charge in [0.15, 0.2) is 0 Å². The molecule has 0 aliphatic heterocycles. The molecule has 2 N–H and O–H groups in total. The van der Waals surface area contributed by atoms with Gasteiger partial charge in [-0.2, -0.15) is 0 Å². The Balaban J connectivity index is 2.25. The van der Waals surface area contributed by atoms with Crippen molar-refractivity contribution in [3.8, 4) is 39.9 Å². The summed E-state index contributed by atoms with van der Waals surface area (Å²) in [4.78, 5) is 0. The van der Waals surface area contributed by atoms with Crippen LogP contribution in [0.2, 0.25) is 0 Å². The van der Waals surface area contributed by atoms with Crippen molar-refractivity contribution >= 4 is 12.6 Å². The zero-order valence-electron chi connectivity index (χ0n) is 13.0. The number of hydrogen-bond donors (Lipinski definition) is 3. The fourth-order valence-corrected chi connectivity index (χ4v) is 2.62. The highest BCUT2D eigenvalue weighted by Gasteiger charge is 2.20. The zero-order valence-corrected chi connectivity index (χ0v) is 13.9. The van der Waals surface area contributed by atoms with Crippen molar-refractivity contribution in [2.24, 2.45) is 0 Å². The summed E-state index contributed by atoms with van der Waals surface area (Å²) in [6, 6.07) is 9.50. The third-order valence-electron chi connectivity index (χ3n) is 3.50. The monoisotopic (exact) mass is 345 g/mol. The molecule has 0 saturated carbocycles. The lowest BCUT2D eigenvalue weighted by molar-refractivity contribution is 0.404. The number of thiol groups is 1. The van der Waals surface area contributed by atoms with Gasteiger partial charge in [0.2, 0.25) is 0 Å². The van der Waals surface area contributed by atoms with E-state index in [-0.39, 0.29) is 11.5 Å². The Morgan fingerprint density at radius 3 is 2.50 bits per heavy atom. The van der Waals surface area contributed by atoms with E-state index in [4.69, 9.17) is 9.47 Å². The van der Waals surface area contributed by atoms with E-state index in [1.54, 1.807) is 32.4 Å². The van der Waals surface area contributed by atoms with Gasteiger partial charge in [0.25, 0.3) is 0 Å². The molecule has 2 aromatic carbocycles. The van der Waals surface area contributed by atoms with Crippen LogP contribution in [0.5, 0.6) is 23.0 Å². The number of hydrogen-bond acceptors (Lipinski definition) is 7. The van der Waals surface area contributed by atoms with Gasteiger partial charge in [-0.15, -0.1) is 17.7 Å². The summed E-state index contributed by atoms with van der Waals surface area (Å²) in [7, 11) is 3.12. The second-order valence-corrected chi connectivity index (χ2v) is 5.34. The molecule has 3 aromatic rings. The van der Waals surface area contributed by atoms with Gasteiger partial charge in [0, 0.05) is 11.6 Å². The van der Waals surface area contributed by atoms with Gasteiger partial charge < -0.3 is 19.7 Å². The van der Waals surface area contributed by atoms with E-state index in [2.05, 4.69) is 22.9 Å². The molecule has 7 nitrogen and oxygen atoms in total. The predicted molar refractivity (Wildman–Crippen MR) is 90.5 cm³/mol. The van der Waals surface area contributed by atoms with Crippen LogP contribution in [0.1, 0.15) is 0 Å². The third kappa shape index (κ3) is 2.71. The standard InChI is InChI=1S/C16H15N3O4S/c1-22-10-4-6-14(23-2)11(8-10)15-16(24)17-18-19(15)12-5-3-9(20)7-13(12)21/h3-8,20-21,24H,1-2H3. The fourth-order valence-electron chi connectivity index (χ4n) is 2.37. The van der Waals surface area contributed by atoms with E-state index in [9.17, 15) is 10.2 Å². The maximum absolute atomic E-state index is 10.1. The molecule has 8 heteroatoms. The molecule has 0 saturated heterocycles. The SMILES string of the molecule is COc1ccc(OC)c(-c2c(S)nnn2-c2ccc(O)cc2O)c1. The van der Waals surface area contributed by atoms with Gasteiger partial charge in [-0.1, -0.05) is 5.21 Å². The molecule has 0 atom stereocenters.